The van der Waals surface area contributed by atoms with E-state index in [-0.39, 0.29) is 0 Å². The molecule has 0 bridgehead atoms. The molecule has 2 heterocycles. The van der Waals surface area contributed by atoms with Gasteiger partial charge in [-0.15, -0.1) is 0 Å². The molecule has 3 rings (SSSR count). The van der Waals surface area contributed by atoms with Crippen molar-refractivity contribution in [2.45, 2.75) is 71.2 Å². The fourth-order valence-corrected chi connectivity index (χ4v) is 3.76. The van der Waals surface area contributed by atoms with E-state index in [9.17, 15) is 0 Å². The molecule has 3 aliphatic rings. The SMILES string of the molecule is CC1CNC(C(C)(C)C)CN1C1CCOC1C1CC1. The molecule has 4 atom stereocenters. The molecular formula is C16H30N2O. The number of hydrogen-bond acceptors (Lipinski definition) is 3. The van der Waals surface area contributed by atoms with E-state index in [0.29, 0.717) is 29.6 Å². The fourth-order valence-electron chi connectivity index (χ4n) is 3.76. The van der Waals surface area contributed by atoms with Crippen molar-refractivity contribution in [3.05, 3.63) is 0 Å². The summed E-state index contributed by atoms with van der Waals surface area (Å²) >= 11 is 0. The van der Waals surface area contributed by atoms with Crippen LogP contribution in [0.5, 0.6) is 0 Å². The Hall–Kier alpha value is -0.120. The van der Waals surface area contributed by atoms with Crippen LogP contribution in [0, 0.1) is 11.3 Å². The van der Waals surface area contributed by atoms with Crippen LogP contribution in [0.4, 0.5) is 0 Å². The van der Waals surface area contributed by atoms with E-state index in [2.05, 4.69) is 37.9 Å². The lowest BCUT2D eigenvalue weighted by Gasteiger charge is -2.47. The Bertz CT molecular complexity index is 321. The highest BCUT2D eigenvalue weighted by Gasteiger charge is 2.46. The second-order valence-corrected chi connectivity index (χ2v) is 7.90. The van der Waals surface area contributed by atoms with Crippen LogP contribution in [0.3, 0.4) is 0 Å². The molecule has 0 aromatic rings. The van der Waals surface area contributed by atoms with E-state index in [1.807, 2.05) is 0 Å². The minimum atomic E-state index is 0.340. The summed E-state index contributed by atoms with van der Waals surface area (Å²) in [5.74, 6) is 0.864. The third-order valence-corrected chi connectivity index (χ3v) is 5.28. The molecule has 1 N–H and O–H groups in total. The van der Waals surface area contributed by atoms with Crippen LogP contribution in [0.1, 0.15) is 47.0 Å². The summed E-state index contributed by atoms with van der Waals surface area (Å²) < 4.78 is 6.05. The molecule has 0 radical (unpaired) electrons. The van der Waals surface area contributed by atoms with Crippen LogP contribution in [-0.4, -0.2) is 48.8 Å². The Labute approximate surface area is 118 Å². The number of ether oxygens (including phenoxy) is 1. The molecule has 2 saturated heterocycles. The smallest absolute Gasteiger partial charge is 0.0759 e. The number of rotatable bonds is 2. The van der Waals surface area contributed by atoms with Gasteiger partial charge in [-0.05, 0) is 37.5 Å². The largest absolute Gasteiger partial charge is 0.376 e. The maximum Gasteiger partial charge on any atom is 0.0759 e. The summed E-state index contributed by atoms with van der Waals surface area (Å²) in [4.78, 5) is 2.75. The van der Waals surface area contributed by atoms with Gasteiger partial charge in [-0.25, -0.2) is 0 Å². The molecule has 4 unspecified atom stereocenters. The summed E-state index contributed by atoms with van der Waals surface area (Å²) in [6.45, 7) is 12.7. The van der Waals surface area contributed by atoms with Gasteiger partial charge in [0.2, 0.25) is 0 Å². The minimum Gasteiger partial charge on any atom is -0.376 e. The second kappa shape index (κ2) is 5.01. The van der Waals surface area contributed by atoms with Crippen molar-refractivity contribution in [1.82, 2.24) is 10.2 Å². The van der Waals surface area contributed by atoms with Gasteiger partial charge in [-0.2, -0.15) is 0 Å². The van der Waals surface area contributed by atoms with Crippen molar-refractivity contribution in [1.29, 1.82) is 0 Å². The van der Waals surface area contributed by atoms with Gasteiger partial charge in [0.15, 0.2) is 0 Å². The molecular weight excluding hydrogens is 236 g/mol. The number of hydrogen-bond donors (Lipinski definition) is 1. The van der Waals surface area contributed by atoms with Gasteiger partial charge in [-0.3, -0.25) is 4.90 Å². The first-order valence-corrected chi connectivity index (χ1v) is 8.07. The van der Waals surface area contributed by atoms with Crippen LogP contribution in [0.15, 0.2) is 0 Å². The van der Waals surface area contributed by atoms with Crippen LogP contribution in [0.2, 0.25) is 0 Å². The molecule has 0 amide bonds. The Balaban J connectivity index is 1.70. The highest BCUT2D eigenvalue weighted by Crippen LogP contribution is 2.41. The van der Waals surface area contributed by atoms with Crippen molar-refractivity contribution < 1.29 is 4.74 Å². The summed E-state index contributed by atoms with van der Waals surface area (Å²) in [6.07, 6.45) is 4.55. The number of nitrogens with zero attached hydrogens (tertiary/aromatic N) is 1. The molecule has 1 aliphatic carbocycles. The maximum atomic E-state index is 6.05. The molecule has 0 spiro atoms. The average Bonchev–Trinajstić information content (AvgIpc) is 3.07. The first kappa shape index (κ1) is 13.8. The molecule has 19 heavy (non-hydrogen) atoms. The molecule has 2 aliphatic heterocycles. The van der Waals surface area contributed by atoms with Gasteiger partial charge in [0.25, 0.3) is 0 Å². The lowest BCUT2D eigenvalue weighted by molar-refractivity contribution is 0.00400. The van der Waals surface area contributed by atoms with Crippen LogP contribution in [-0.2, 0) is 4.74 Å². The first-order chi connectivity index (χ1) is 8.97. The normalized spacial score (nSPS) is 41.7. The summed E-state index contributed by atoms with van der Waals surface area (Å²) in [7, 11) is 0. The number of nitrogens with one attached hydrogen (secondary N) is 1. The third kappa shape index (κ3) is 2.84. The van der Waals surface area contributed by atoms with Crippen LogP contribution < -0.4 is 5.32 Å². The standard InChI is InChI=1S/C16H30N2O/c1-11-9-17-14(16(2,3)4)10-18(11)13-7-8-19-15(13)12-5-6-12/h11-15,17H,5-10H2,1-4H3. The van der Waals surface area contributed by atoms with Crippen molar-refractivity contribution in [2.75, 3.05) is 19.7 Å². The summed E-state index contributed by atoms with van der Waals surface area (Å²) in [6, 6.07) is 1.92. The van der Waals surface area contributed by atoms with Gasteiger partial charge < -0.3 is 10.1 Å². The summed E-state index contributed by atoms with van der Waals surface area (Å²) in [5.41, 5.74) is 0.340. The number of piperazine rings is 1. The first-order valence-electron chi connectivity index (χ1n) is 8.07. The van der Waals surface area contributed by atoms with Gasteiger partial charge in [0, 0.05) is 37.8 Å². The van der Waals surface area contributed by atoms with E-state index >= 15 is 0 Å². The van der Waals surface area contributed by atoms with Crippen molar-refractivity contribution in [2.24, 2.45) is 11.3 Å². The average molecular weight is 266 g/mol. The van der Waals surface area contributed by atoms with Crippen molar-refractivity contribution in [3.8, 4) is 0 Å². The highest BCUT2D eigenvalue weighted by molar-refractivity contribution is 5.00. The molecule has 0 aromatic carbocycles. The second-order valence-electron chi connectivity index (χ2n) is 7.90. The predicted octanol–water partition coefficient (Wildman–Crippen LogP) is 2.26. The Morgan fingerprint density at radius 2 is 1.89 bits per heavy atom. The third-order valence-electron chi connectivity index (χ3n) is 5.28. The Morgan fingerprint density at radius 3 is 2.53 bits per heavy atom. The molecule has 1 saturated carbocycles. The zero-order valence-corrected chi connectivity index (χ0v) is 13.0. The van der Waals surface area contributed by atoms with Crippen molar-refractivity contribution in [3.63, 3.8) is 0 Å². The van der Waals surface area contributed by atoms with E-state index < -0.39 is 0 Å². The quantitative estimate of drug-likeness (QED) is 0.830. The predicted molar refractivity (Wildman–Crippen MR) is 78.3 cm³/mol. The molecule has 3 nitrogen and oxygen atoms in total. The zero-order chi connectivity index (χ0) is 13.6. The molecule has 3 fully saturated rings. The maximum absolute atomic E-state index is 6.05. The lowest BCUT2D eigenvalue weighted by atomic mass is 9.84. The minimum absolute atomic E-state index is 0.340. The van der Waals surface area contributed by atoms with Crippen LogP contribution in [0.25, 0.3) is 0 Å². The van der Waals surface area contributed by atoms with Gasteiger partial charge >= 0.3 is 0 Å². The summed E-state index contributed by atoms with van der Waals surface area (Å²) in [5, 5.41) is 3.74. The van der Waals surface area contributed by atoms with Crippen LogP contribution >= 0.6 is 0 Å². The van der Waals surface area contributed by atoms with E-state index in [0.717, 1.165) is 19.1 Å². The highest BCUT2D eigenvalue weighted by atomic mass is 16.5. The van der Waals surface area contributed by atoms with Gasteiger partial charge in [0.1, 0.15) is 0 Å². The zero-order valence-electron chi connectivity index (χ0n) is 13.0. The van der Waals surface area contributed by atoms with E-state index in [1.54, 1.807) is 0 Å². The van der Waals surface area contributed by atoms with E-state index in [4.69, 9.17) is 4.74 Å². The van der Waals surface area contributed by atoms with E-state index in [1.165, 1.54) is 25.8 Å². The fraction of sp³-hybridized carbons (Fsp3) is 1.00. The Morgan fingerprint density at radius 1 is 1.16 bits per heavy atom. The Kier molecular flexibility index (Phi) is 3.65. The van der Waals surface area contributed by atoms with Gasteiger partial charge in [-0.1, -0.05) is 20.8 Å². The topological polar surface area (TPSA) is 24.5 Å². The molecule has 3 heteroatoms. The molecule has 110 valence electrons. The van der Waals surface area contributed by atoms with Crippen molar-refractivity contribution >= 4 is 0 Å². The lowest BCUT2D eigenvalue weighted by Crippen LogP contribution is -2.63. The molecule has 0 aromatic heterocycles. The monoisotopic (exact) mass is 266 g/mol. The van der Waals surface area contributed by atoms with Gasteiger partial charge in [0.05, 0.1) is 6.10 Å².